The zero-order chi connectivity index (χ0) is 17.3. The molecular formula is C20H29N3O2. The van der Waals surface area contributed by atoms with Gasteiger partial charge in [-0.1, -0.05) is 18.2 Å². The van der Waals surface area contributed by atoms with E-state index in [1.807, 2.05) is 6.07 Å². The molecule has 2 unspecified atom stereocenters. The van der Waals surface area contributed by atoms with Crippen LogP contribution >= 0.6 is 0 Å². The van der Waals surface area contributed by atoms with Gasteiger partial charge in [-0.2, -0.15) is 0 Å². The fourth-order valence-electron chi connectivity index (χ4n) is 4.52. The first-order valence-corrected chi connectivity index (χ1v) is 9.58. The normalized spacial score (nSPS) is 28.7. The number of hydrogen-bond donors (Lipinski definition) is 0. The third-order valence-corrected chi connectivity index (χ3v) is 6.27. The van der Waals surface area contributed by atoms with Crippen LogP contribution in [-0.4, -0.2) is 74.2 Å². The highest BCUT2D eigenvalue weighted by Gasteiger charge is 2.44. The predicted octanol–water partition coefficient (Wildman–Crippen LogP) is 1.84. The van der Waals surface area contributed by atoms with Crippen molar-refractivity contribution in [3.8, 4) is 0 Å². The molecule has 0 radical (unpaired) electrons. The summed E-state index contributed by atoms with van der Waals surface area (Å²) in [4.78, 5) is 19.8. The van der Waals surface area contributed by atoms with Crippen LogP contribution in [0.1, 0.15) is 19.8 Å². The molecule has 5 nitrogen and oxygen atoms in total. The average Bonchev–Trinajstić information content (AvgIpc) is 3.31. The summed E-state index contributed by atoms with van der Waals surface area (Å²) in [5, 5.41) is 0. The Morgan fingerprint density at radius 1 is 1.08 bits per heavy atom. The number of hydrogen-bond acceptors (Lipinski definition) is 4. The van der Waals surface area contributed by atoms with E-state index in [-0.39, 0.29) is 6.04 Å². The molecule has 4 rings (SSSR count). The molecule has 5 heteroatoms. The third-order valence-electron chi connectivity index (χ3n) is 6.27. The highest BCUT2D eigenvalue weighted by atomic mass is 16.5. The number of anilines is 1. The average molecular weight is 343 g/mol. The third kappa shape index (κ3) is 3.40. The van der Waals surface area contributed by atoms with Gasteiger partial charge < -0.3 is 14.5 Å². The summed E-state index contributed by atoms with van der Waals surface area (Å²) in [6.07, 6.45) is 2.33. The fourth-order valence-corrected chi connectivity index (χ4v) is 4.52. The molecule has 3 aliphatic rings. The Hall–Kier alpha value is -1.59. The van der Waals surface area contributed by atoms with E-state index in [2.05, 4.69) is 45.9 Å². The van der Waals surface area contributed by atoms with E-state index >= 15 is 0 Å². The highest BCUT2D eigenvalue weighted by Crippen LogP contribution is 2.39. The number of piperazine rings is 1. The van der Waals surface area contributed by atoms with Crippen molar-refractivity contribution in [3.63, 3.8) is 0 Å². The van der Waals surface area contributed by atoms with Crippen LogP contribution in [0.4, 0.5) is 5.69 Å². The molecule has 0 bridgehead atoms. The molecule has 2 atom stereocenters. The number of carbonyl (C=O) groups excluding carboxylic acids is 1. The van der Waals surface area contributed by atoms with E-state index in [4.69, 9.17) is 4.74 Å². The van der Waals surface area contributed by atoms with Crippen molar-refractivity contribution in [1.29, 1.82) is 0 Å². The topological polar surface area (TPSA) is 36.0 Å². The van der Waals surface area contributed by atoms with Gasteiger partial charge >= 0.3 is 0 Å². The molecule has 25 heavy (non-hydrogen) atoms. The van der Waals surface area contributed by atoms with Gasteiger partial charge in [-0.15, -0.1) is 0 Å². The van der Waals surface area contributed by atoms with Gasteiger partial charge in [0.1, 0.15) is 0 Å². The van der Waals surface area contributed by atoms with Gasteiger partial charge in [-0.3, -0.25) is 9.69 Å². The second kappa shape index (κ2) is 6.96. The van der Waals surface area contributed by atoms with Gasteiger partial charge in [-0.25, -0.2) is 0 Å². The molecule has 1 aromatic carbocycles. The lowest BCUT2D eigenvalue weighted by Gasteiger charge is -2.38. The van der Waals surface area contributed by atoms with Gasteiger partial charge in [0.25, 0.3) is 0 Å². The van der Waals surface area contributed by atoms with Crippen LogP contribution in [-0.2, 0) is 9.53 Å². The molecule has 3 fully saturated rings. The molecule has 0 N–H and O–H groups in total. The van der Waals surface area contributed by atoms with E-state index in [1.165, 1.54) is 12.1 Å². The smallest absolute Gasteiger partial charge is 0.239 e. The maximum Gasteiger partial charge on any atom is 0.239 e. The number of amides is 1. The van der Waals surface area contributed by atoms with E-state index in [9.17, 15) is 4.79 Å². The molecular weight excluding hydrogens is 314 g/mol. The first-order valence-electron chi connectivity index (χ1n) is 9.58. The van der Waals surface area contributed by atoms with Gasteiger partial charge in [-0.05, 0) is 38.4 Å². The number of ether oxygens (including phenoxy) is 1. The van der Waals surface area contributed by atoms with Crippen molar-refractivity contribution in [2.24, 2.45) is 5.41 Å². The molecule has 0 saturated carbocycles. The second-order valence-electron chi connectivity index (χ2n) is 7.85. The summed E-state index contributed by atoms with van der Waals surface area (Å²) >= 11 is 0. The molecule has 1 amide bonds. The van der Waals surface area contributed by atoms with Crippen LogP contribution in [0.3, 0.4) is 0 Å². The van der Waals surface area contributed by atoms with Crippen molar-refractivity contribution in [1.82, 2.24) is 9.80 Å². The van der Waals surface area contributed by atoms with Gasteiger partial charge in [0.2, 0.25) is 5.91 Å². The fraction of sp³-hybridized carbons (Fsp3) is 0.650. The summed E-state index contributed by atoms with van der Waals surface area (Å²) in [6, 6.07) is 10.5. The van der Waals surface area contributed by atoms with Gasteiger partial charge in [0.05, 0.1) is 12.6 Å². The molecule has 3 saturated heterocycles. The number of nitrogens with zero attached hydrogens (tertiary/aromatic N) is 3. The monoisotopic (exact) mass is 343 g/mol. The van der Waals surface area contributed by atoms with E-state index in [0.29, 0.717) is 11.3 Å². The molecule has 0 aromatic heterocycles. The number of carbonyl (C=O) groups is 1. The van der Waals surface area contributed by atoms with E-state index in [0.717, 1.165) is 58.9 Å². The van der Waals surface area contributed by atoms with Crippen LogP contribution < -0.4 is 4.90 Å². The van der Waals surface area contributed by atoms with Crippen LogP contribution in [0.2, 0.25) is 0 Å². The number of likely N-dealkylation sites (tertiary alicyclic amines) is 1. The SMILES string of the molecule is CC(C(=O)N1CCN(c2ccccc2)CC1)N1CCC2(CCOC2)C1. The van der Waals surface area contributed by atoms with E-state index in [1.54, 1.807) is 0 Å². The standard InChI is InChI=1S/C20H29N3O2/c1-17(23-9-7-20(15-23)8-14-25-16-20)19(24)22-12-10-21(11-13-22)18-5-3-2-4-6-18/h2-6,17H,7-16H2,1H3. The molecule has 3 heterocycles. The summed E-state index contributed by atoms with van der Waals surface area (Å²) in [6.45, 7) is 9.36. The van der Waals surface area contributed by atoms with Crippen molar-refractivity contribution in [2.45, 2.75) is 25.8 Å². The maximum atomic E-state index is 13.0. The Morgan fingerprint density at radius 3 is 2.52 bits per heavy atom. The lowest BCUT2D eigenvalue weighted by atomic mass is 9.87. The Kier molecular flexibility index (Phi) is 4.69. The first kappa shape index (κ1) is 16.9. The minimum absolute atomic E-state index is 0.0109. The molecule has 1 spiro atoms. The zero-order valence-electron chi connectivity index (χ0n) is 15.2. The van der Waals surface area contributed by atoms with Gasteiger partial charge in [0, 0.05) is 50.4 Å². The maximum absolute atomic E-state index is 13.0. The minimum Gasteiger partial charge on any atom is -0.381 e. The Balaban J connectivity index is 1.31. The number of rotatable bonds is 3. The predicted molar refractivity (Wildman–Crippen MR) is 98.8 cm³/mol. The molecule has 3 aliphatic heterocycles. The van der Waals surface area contributed by atoms with Crippen LogP contribution in [0.5, 0.6) is 0 Å². The zero-order valence-corrected chi connectivity index (χ0v) is 15.2. The summed E-state index contributed by atoms with van der Waals surface area (Å²) in [7, 11) is 0. The first-order chi connectivity index (χ1) is 12.2. The van der Waals surface area contributed by atoms with Crippen molar-refractivity contribution < 1.29 is 9.53 Å². The van der Waals surface area contributed by atoms with Crippen molar-refractivity contribution in [2.75, 3.05) is 57.4 Å². The van der Waals surface area contributed by atoms with Gasteiger partial charge in [0.15, 0.2) is 0 Å². The molecule has 1 aromatic rings. The van der Waals surface area contributed by atoms with Crippen LogP contribution in [0.15, 0.2) is 30.3 Å². The largest absolute Gasteiger partial charge is 0.381 e. The van der Waals surface area contributed by atoms with E-state index < -0.39 is 0 Å². The number of para-hydroxylation sites is 1. The lowest BCUT2D eigenvalue weighted by Crippen LogP contribution is -2.54. The van der Waals surface area contributed by atoms with Crippen molar-refractivity contribution >= 4 is 11.6 Å². The van der Waals surface area contributed by atoms with Crippen LogP contribution in [0.25, 0.3) is 0 Å². The summed E-state index contributed by atoms with van der Waals surface area (Å²) in [5.74, 6) is 0.295. The number of benzene rings is 1. The highest BCUT2D eigenvalue weighted by molar-refractivity contribution is 5.81. The Morgan fingerprint density at radius 2 is 1.84 bits per heavy atom. The lowest BCUT2D eigenvalue weighted by molar-refractivity contribution is -0.136. The minimum atomic E-state index is -0.0109. The van der Waals surface area contributed by atoms with Crippen LogP contribution in [0, 0.1) is 5.41 Å². The quantitative estimate of drug-likeness (QED) is 0.839. The summed E-state index contributed by atoms with van der Waals surface area (Å²) in [5.41, 5.74) is 1.57. The Labute approximate surface area is 150 Å². The molecule has 0 aliphatic carbocycles. The molecule has 136 valence electrons. The Bertz CT molecular complexity index is 592. The second-order valence-corrected chi connectivity index (χ2v) is 7.85. The summed E-state index contributed by atoms with van der Waals surface area (Å²) < 4.78 is 5.61. The van der Waals surface area contributed by atoms with Crippen molar-refractivity contribution in [3.05, 3.63) is 30.3 Å².